The molecule has 2 heterocycles. The average molecular weight is 165 g/mol. The van der Waals surface area contributed by atoms with Crippen LogP contribution in [0.4, 0.5) is 0 Å². The number of rotatable bonds is 1. The van der Waals surface area contributed by atoms with Crippen LogP contribution in [0.15, 0.2) is 0 Å². The summed E-state index contributed by atoms with van der Waals surface area (Å²) in [5, 5.41) is 2.86. The van der Waals surface area contributed by atoms with Crippen molar-refractivity contribution >= 4 is 13.8 Å². The first kappa shape index (κ1) is 8.11. The molecular formula is C8H12BNO2. The first-order chi connectivity index (χ1) is 5.62. The van der Waals surface area contributed by atoms with Crippen molar-refractivity contribution in [1.29, 1.82) is 0 Å². The van der Waals surface area contributed by atoms with E-state index in [1.807, 2.05) is 13.8 Å². The Morgan fingerprint density at radius 2 is 2.42 bits per heavy atom. The predicted octanol–water partition coefficient (Wildman–Crippen LogP) is -0.206. The van der Waals surface area contributed by atoms with Crippen LogP contribution in [0.3, 0.4) is 0 Å². The third kappa shape index (κ3) is 0.691. The third-order valence-electron chi connectivity index (χ3n) is 3.18. The van der Waals surface area contributed by atoms with E-state index in [9.17, 15) is 4.79 Å². The van der Waals surface area contributed by atoms with Crippen LogP contribution in [0, 0.1) is 5.92 Å². The lowest BCUT2D eigenvalue weighted by molar-refractivity contribution is -0.147. The van der Waals surface area contributed by atoms with E-state index in [-0.39, 0.29) is 23.9 Å². The van der Waals surface area contributed by atoms with Crippen LogP contribution >= 0.6 is 0 Å². The van der Waals surface area contributed by atoms with Crippen LogP contribution in [-0.4, -0.2) is 31.4 Å². The van der Waals surface area contributed by atoms with Gasteiger partial charge in [0.1, 0.15) is 13.4 Å². The fraction of sp³-hybridized carbons (Fsp3) is 0.875. The number of hydrogen-bond donors (Lipinski definition) is 1. The molecular weight excluding hydrogens is 153 g/mol. The zero-order valence-corrected chi connectivity index (χ0v) is 7.33. The van der Waals surface area contributed by atoms with E-state index in [0.717, 1.165) is 0 Å². The molecule has 3 nitrogen and oxygen atoms in total. The molecule has 1 amide bonds. The fourth-order valence-electron chi connectivity index (χ4n) is 2.30. The topological polar surface area (TPSA) is 38.3 Å². The predicted molar refractivity (Wildman–Crippen MR) is 44.7 cm³/mol. The van der Waals surface area contributed by atoms with Gasteiger partial charge in [-0.05, 0) is 6.42 Å². The summed E-state index contributed by atoms with van der Waals surface area (Å²) in [7, 11) is 5.70. The molecule has 0 aromatic heterocycles. The molecule has 0 saturated carbocycles. The Morgan fingerprint density at radius 3 is 2.75 bits per heavy atom. The Bertz CT molecular complexity index is 233. The molecule has 2 aliphatic heterocycles. The van der Waals surface area contributed by atoms with Gasteiger partial charge < -0.3 is 10.1 Å². The summed E-state index contributed by atoms with van der Waals surface area (Å²) in [6, 6.07) is -0.310. The van der Waals surface area contributed by atoms with E-state index in [1.54, 1.807) is 0 Å². The molecule has 64 valence electrons. The number of hydrogen-bond acceptors (Lipinski definition) is 2. The lowest BCUT2D eigenvalue weighted by atomic mass is 9.84. The molecule has 2 fully saturated rings. The number of carbonyl (C=O) groups is 1. The van der Waals surface area contributed by atoms with Gasteiger partial charge in [0.05, 0.1) is 6.04 Å². The molecule has 2 saturated heterocycles. The minimum absolute atomic E-state index is 0.00389. The summed E-state index contributed by atoms with van der Waals surface area (Å²) in [5.41, 5.74) is -0.635. The second-order valence-electron chi connectivity index (χ2n) is 3.61. The average Bonchev–Trinajstić information content (AvgIpc) is 2.41. The maximum Gasteiger partial charge on any atom is 0.252 e. The van der Waals surface area contributed by atoms with Crippen molar-refractivity contribution < 1.29 is 9.53 Å². The van der Waals surface area contributed by atoms with E-state index in [2.05, 4.69) is 5.32 Å². The van der Waals surface area contributed by atoms with Crippen molar-refractivity contribution in [1.82, 2.24) is 5.32 Å². The second-order valence-corrected chi connectivity index (χ2v) is 3.61. The Morgan fingerprint density at radius 1 is 1.75 bits per heavy atom. The molecule has 1 unspecified atom stereocenters. The van der Waals surface area contributed by atoms with Crippen LogP contribution in [0.2, 0.25) is 0 Å². The van der Waals surface area contributed by atoms with E-state index in [0.29, 0.717) is 6.42 Å². The molecule has 0 aromatic carbocycles. The molecule has 2 radical (unpaired) electrons. The van der Waals surface area contributed by atoms with Crippen molar-refractivity contribution in [2.24, 2.45) is 5.92 Å². The van der Waals surface area contributed by atoms with Crippen molar-refractivity contribution in [2.75, 3.05) is 0 Å². The highest BCUT2D eigenvalue weighted by atomic mass is 16.5. The lowest BCUT2D eigenvalue weighted by Gasteiger charge is -2.28. The van der Waals surface area contributed by atoms with Gasteiger partial charge in [0.25, 0.3) is 5.91 Å². The normalized spacial score (nSPS) is 51.2. The Kier molecular flexibility index (Phi) is 1.52. The van der Waals surface area contributed by atoms with E-state index in [4.69, 9.17) is 12.6 Å². The maximum atomic E-state index is 11.5. The second kappa shape index (κ2) is 2.25. The highest BCUT2D eigenvalue weighted by Gasteiger charge is 2.60. The minimum Gasteiger partial charge on any atom is -0.369 e. The first-order valence-corrected chi connectivity index (χ1v) is 4.36. The van der Waals surface area contributed by atoms with Crippen molar-refractivity contribution in [2.45, 2.75) is 37.9 Å². The van der Waals surface area contributed by atoms with Crippen molar-refractivity contribution in [3.63, 3.8) is 0 Å². The quantitative estimate of drug-likeness (QED) is 0.546. The van der Waals surface area contributed by atoms with E-state index >= 15 is 0 Å². The van der Waals surface area contributed by atoms with Crippen LogP contribution in [0.1, 0.15) is 20.3 Å². The van der Waals surface area contributed by atoms with Gasteiger partial charge in [0, 0.05) is 11.9 Å². The van der Waals surface area contributed by atoms with Gasteiger partial charge in [-0.2, -0.15) is 0 Å². The van der Waals surface area contributed by atoms with Crippen LogP contribution < -0.4 is 5.32 Å². The minimum atomic E-state index is -0.635. The number of carbonyl (C=O) groups excluding carboxylic acids is 1. The van der Waals surface area contributed by atoms with Gasteiger partial charge >= 0.3 is 0 Å². The number of morpholine rings is 1. The summed E-state index contributed by atoms with van der Waals surface area (Å²) in [4.78, 5) is 11.5. The maximum absolute atomic E-state index is 11.5. The summed E-state index contributed by atoms with van der Waals surface area (Å²) >= 11 is 0. The van der Waals surface area contributed by atoms with Crippen LogP contribution in [0.25, 0.3) is 0 Å². The Hall–Kier alpha value is -0.505. The highest BCUT2D eigenvalue weighted by Crippen LogP contribution is 2.42. The molecule has 0 aliphatic carbocycles. The van der Waals surface area contributed by atoms with Gasteiger partial charge in [-0.1, -0.05) is 13.8 Å². The van der Waals surface area contributed by atoms with Crippen molar-refractivity contribution in [3.8, 4) is 0 Å². The number of ether oxygens (including phenoxy) is 1. The highest BCUT2D eigenvalue weighted by molar-refractivity contribution is 6.13. The first-order valence-electron chi connectivity index (χ1n) is 4.36. The molecule has 1 N–H and O–H groups in total. The largest absolute Gasteiger partial charge is 0.369 e. The zero-order chi connectivity index (χ0) is 8.93. The van der Waals surface area contributed by atoms with Gasteiger partial charge in [0.15, 0.2) is 0 Å². The molecule has 0 spiro atoms. The molecule has 12 heavy (non-hydrogen) atoms. The summed E-state index contributed by atoms with van der Waals surface area (Å²) in [6.45, 7) is 3.97. The van der Waals surface area contributed by atoms with Crippen LogP contribution in [-0.2, 0) is 9.53 Å². The molecule has 2 rings (SSSR count). The Labute approximate surface area is 73.3 Å². The van der Waals surface area contributed by atoms with Crippen molar-refractivity contribution in [3.05, 3.63) is 0 Å². The summed E-state index contributed by atoms with van der Waals surface area (Å²) in [5.74, 6) is 0.203. The summed E-state index contributed by atoms with van der Waals surface area (Å²) < 4.78 is 5.49. The van der Waals surface area contributed by atoms with Crippen LogP contribution in [0.5, 0.6) is 0 Å². The molecule has 2 bridgehead atoms. The standard InChI is InChI=1S/C8H12BNO2/c1-3-8-4(2)5(6(9)12-8)10-7(8)11/h4-6H,3H2,1-2H3,(H,10,11)/t4-,5?,6-,8-/m1/s1. The van der Waals surface area contributed by atoms with Gasteiger partial charge in [-0.25, -0.2) is 0 Å². The molecule has 0 aromatic rings. The molecule has 4 atom stereocenters. The van der Waals surface area contributed by atoms with Gasteiger partial charge in [-0.15, -0.1) is 0 Å². The lowest BCUT2D eigenvalue weighted by Crippen LogP contribution is -2.49. The fourth-order valence-corrected chi connectivity index (χ4v) is 2.30. The zero-order valence-electron chi connectivity index (χ0n) is 7.33. The number of amides is 1. The van der Waals surface area contributed by atoms with Gasteiger partial charge in [-0.3, -0.25) is 4.79 Å². The van der Waals surface area contributed by atoms with Gasteiger partial charge in [0.2, 0.25) is 0 Å². The molecule has 2 aliphatic rings. The van der Waals surface area contributed by atoms with E-state index < -0.39 is 5.60 Å². The molecule has 4 heteroatoms. The SMILES string of the molecule is [B][C@@H]1O[C@@]2(CC)C(=O)NC1[C@H]2C. The van der Waals surface area contributed by atoms with E-state index in [1.165, 1.54) is 0 Å². The smallest absolute Gasteiger partial charge is 0.252 e. The number of fused-ring (bicyclic) bond motifs is 2. The monoisotopic (exact) mass is 165 g/mol. The number of nitrogens with one attached hydrogen (secondary N) is 1. The Balaban J connectivity index is 2.36. The summed E-state index contributed by atoms with van der Waals surface area (Å²) in [6.07, 6.45) is 0.699. The third-order valence-corrected chi connectivity index (χ3v) is 3.18.